The van der Waals surface area contributed by atoms with Crippen LogP contribution >= 0.6 is 0 Å². The summed E-state index contributed by atoms with van der Waals surface area (Å²) < 4.78 is 0. The molecule has 0 bridgehead atoms. The quantitative estimate of drug-likeness (QED) is 0.867. The van der Waals surface area contributed by atoms with E-state index in [1.54, 1.807) is 0 Å². The smallest absolute Gasteiger partial charge is 0.134 e. The predicted molar refractivity (Wildman–Crippen MR) is 86.4 cm³/mol. The van der Waals surface area contributed by atoms with Crippen LogP contribution in [0.4, 0.5) is 11.6 Å². The molecule has 2 aliphatic rings. The Morgan fingerprint density at radius 3 is 2.81 bits per heavy atom. The van der Waals surface area contributed by atoms with Crippen LogP contribution in [0.1, 0.15) is 44.3 Å². The monoisotopic (exact) mass is 289 g/mol. The molecule has 1 aromatic rings. The summed E-state index contributed by atoms with van der Waals surface area (Å²) in [7, 11) is 2.02. The first kappa shape index (κ1) is 14.6. The van der Waals surface area contributed by atoms with E-state index in [-0.39, 0.29) is 0 Å². The highest BCUT2D eigenvalue weighted by atomic mass is 15.2. The summed E-state index contributed by atoms with van der Waals surface area (Å²) in [6.07, 6.45) is 8.89. The number of nitrogens with two attached hydrogens (primary N) is 1. The first-order valence-electron chi connectivity index (χ1n) is 8.30. The number of nitrogens with one attached hydrogen (secondary N) is 1. The highest BCUT2D eigenvalue weighted by Gasteiger charge is 2.23. The minimum Gasteiger partial charge on any atom is -0.384 e. The van der Waals surface area contributed by atoms with Crippen molar-refractivity contribution in [3.63, 3.8) is 0 Å². The van der Waals surface area contributed by atoms with E-state index in [1.807, 2.05) is 13.1 Å². The van der Waals surface area contributed by atoms with Gasteiger partial charge in [-0.15, -0.1) is 0 Å². The van der Waals surface area contributed by atoms with Gasteiger partial charge in [-0.25, -0.2) is 9.97 Å². The van der Waals surface area contributed by atoms with Gasteiger partial charge in [0.1, 0.15) is 17.5 Å². The third-order valence-corrected chi connectivity index (χ3v) is 4.95. The molecular formula is C16H27N5. The summed E-state index contributed by atoms with van der Waals surface area (Å²) in [5.74, 6) is 3.40. The number of aryl methyl sites for hydroxylation is 1. The summed E-state index contributed by atoms with van der Waals surface area (Å²) in [5, 5.41) is 3.34. The van der Waals surface area contributed by atoms with E-state index in [1.165, 1.54) is 32.1 Å². The van der Waals surface area contributed by atoms with Crippen molar-refractivity contribution < 1.29 is 0 Å². The molecule has 0 aromatic carbocycles. The zero-order valence-electron chi connectivity index (χ0n) is 13.0. The summed E-state index contributed by atoms with van der Waals surface area (Å²) in [6, 6.07) is 2.47. The van der Waals surface area contributed by atoms with E-state index in [2.05, 4.69) is 15.2 Å². The van der Waals surface area contributed by atoms with E-state index in [4.69, 9.17) is 10.7 Å². The Morgan fingerprint density at radius 1 is 1.29 bits per heavy atom. The zero-order chi connectivity index (χ0) is 14.7. The number of anilines is 2. The molecule has 2 fully saturated rings. The van der Waals surface area contributed by atoms with E-state index >= 15 is 0 Å². The minimum absolute atomic E-state index is 0.558. The number of hydrogen-bond donors (Lipinski definition) is 2. The first-order valence-corrected chi connectivity index (χ1v) is 8.30. The standard InChI is InChI=1S/C16H27N5/c1-18-13-8-9-21(11-13)16-10-14(17)19-15(20-16)7-6-12-4-2-3-5-12/h10,12-13,18H,2-9,11H2,1H3,(H2,17,19,20)/t13-/m1/s1. The number of nitrogen functional groups attached to an aromatic ring is 1. The van der Waals surface area contributed by atoms with E-state index in [9.17, 15) is 0 Å². The molecule has 0 radical (unpaired) electrons. The lowest BCUT2D eigenvalue weighted by molar-refractivity contribution is 0.497. The topological polar surface area (TPSA) is 67.1 Å². The molecule has 0 unspecified atom stereocenters. The Kier molecular flexibility index (Phi) is 4.58. The molecule has 1 atom stereocenters. The van der Waals surface area contributed by atoms with Gasteiger partial charge in [-0.3, -0.25) is 0 Å². The molecule has 1 aliphatic heterocycles. The minimum atomic E-state index is 0.558. The fourth-order valence-electron chi connectivity index (χ4n) is 3.61. The molecule has 1 aliphatic carbocycles. The van der Waals surface area contributed by atoms with Gasteiger partial charge in [0, 0.05) is 31.6 Å². The largest absolute Gasteiger partial charge is 0.384 e. The summed E-state index contributed by atoms with van der Waals surface area (Å²) in [6.45, 7) is 2.05. The normalized spacial score (nSPS) is 23.1. The van der Waals surface area contributed by atoms with Crippen molar-refractivity contribution in [3.8, 4) is 0 Å². The summed E-state index contributed by atoms with van der Waals surface area (Å²) >= 11 is 0. The lowest BCUT2D eigenvalue weighted by Crippen LogP contribution is -2.30. The zero-order valence-corrected chi connectivity index (χ0v) is 13.0. The van der Waals surface area contributed by atoms with Gasteiger partial charge in [0.25, 0.3) is 0 Å². The lowest BCUT2D eigenvalue weighted by atomic mass is 10.0. The van der Waals surface area contributed by atoms with Gasteiger partial charge in [-0.1, -0.05) is 25.7 Å². The third kappa shape index (κ3) is 3.64. The number of aromatic nitrogens is 2. The number of hydrogen-bond acceptors (Lipinski definition) is 5. The number of likely N-dealkylation sites (N-methyl/N-ethyl adjacent to an activating group) is 1. The van der Waals surface area contributed by atoms with E-state index in [0.717, 1.165) is 43.5 Å². The van der Waals surface area contributed by atoms with Gasteiger partial charge in [-0.2, -0.15) is 0 Å². The van der Waals surface area contributed by atoms with Gasteiger partial charge in [-0.05, 0) is 25.8 Å². The van der Waals surface area contributed by atoms with E-state index in [0.29, 0.717) is 11.9 Å². The third-order valence-electron chi connectivity index (χ3n) is 4.95. The Morgan fingerprint density at radius 2 is 2.10 bits per heavy atom. The SMILES string of the molecule is CN[C@@H]1CCN(c2cc(N)nc(CCC3CCCC3)n2)C1. The second kappa shape index (κ2) is 6.60. The fraction of sp³-hybridized carbons (Fsp3) is 0.750. The molecule has 1 saturated heterocycles. The van der Waals surface area contributed by atoms with Crippen molar-refractivity contribution in [1.29, 1.82) is 0 Å². The molecular weight excluding hydrogens is 262 g/mol. The van der Waals surface area contributed by atoms with Gasteiger partial charge >= 0.3 is 0 Å². The van der Waals surface area contributed by atoms with Crippen molar-refractivity contribution in [2.75, 3.05) is 30.8 Å². The molecule has 1 aromatic heterocycles. The van der Waals surface area contributed by atoms with Crippen molar-refractivity contribution in [2.45, 2.75) is 51.0 Å². The van der Waals surface area contributed by atoms with Crippen LogP contribution in [0.15, 0.2) is 6.07 Å². The second-order valence-electron chi connectivity index (χ2n) is 6.48. The van der Waals surface area contributed by atoms with Crippen LogP contribution < -0.4 is 16.0 Å². The highest BCUT2D eigenvalue weighted by molar-refractivity contribution is 5.48. The van der Waals surface area contributed by atoms with Crippen molar-refractivity contribution >= 4 is 11.6 Å². The predicted octanol–water partition coefficient (Wildman–Crippen LogP) is 1.98. The summed E-state index contributed by atoms with van der Waals surface area (Å²) in [4.78, 5) is 11.5. The molecule has 1 saturated carbocycles. The Bertz CT molecular complexity index is 470. The average Bonchev–Trinajstić information content (AvgIpc) is 3.16. The average molecular weight is 289 g/mol. The first-order chi connectivity index (χ1) is 10.2. The molecule has 2 heterocycles. The molecule has 3 N–H and O–H groups in total. The number of nitrogens with zero attached hydrogens (tertiary/aromatic N) is 3. The Labute approximate surface area is 127 Å². The van der Waals surface area contributed by atoms with Gasteiger partial charge in [0.15, 0.2) is 0 Å². The maximum absolute atomic E-state index is 5.98. The molecule has 5 heteroatoms. The van der Waals surface area contributed by atoms with E-state index < -0.39 is 0 Å². The highest BCUT2D eigenvalue weighted by Crippen LogP contribution is 2.28. The van der Waals surface area contributed by atoms with Crippen molar-refractivity contribution in [3.05, 3.63) is 11.9 Å². The number of rotatable bonds is 5. The fourth-order valence-corrected chi connectivity index (χ4v) is 3.61. The molecule has 5 nitrogen and oxygen atoms in total. The molecule has 0 amide bonds. The maximum Gasteiger partial charge on any atom is 0.134 e. The molecule has 0 spiro atoms. The second-order valence-corrected chi connectivity index (χ2v) is 6.48. The lowest BCUT2D eigenvalue weighted by Gasteiger charge is -2.18. The van der Waals surface area contributed by atoms with Gasteiger partial charge in [0.05, 0.1) is 0 Å². The van der Waals surface area contributed by atoms with Crippen LogP contribution in [0.3, 0.4) is 0 Å². The Balaban J connectivity index is 1.64. The van der Waals surface area contributed by atoms with Crippen molar-refractivity contribution in [2.24, 2.45) is 5.92 Å². The van der Waals surface area contributed by atoms with Crippen LogP contribution in [-0.2, 0) is 6.42 Å². The van der Waals surface area contributed by atoms with Crippen LogP contribution in [0.25, 0.3) is 0 Å². The van der Waals surface area contributed by atoms with Crippen LogP contribution in [-0.4, -0.2) is 36.1 Å². The van der Waals surface area contributed by atoms with Gasteiger partial charge < -0.3 is 16.0 Å². The van der Waals surface area contributed by atoms with Crippen LogP contribution in [0.2, 0.25) is 0 Å². The van der Waals surface area contributed by atoms with Crippen LogP contribution in [0, 0.1) is 5.92 Å². The maximum atomic E-state index is 5.98. The molecule has 21 heavy (non-hydrogen) atoms. The molecule has 116 valence electrons. The van der Waals surface area contributed by atoms with Gasteiger partial charge in [0.2, 0.25) is 0 Å². The van der Waals surface area contributed by atoms with Crippen molar-refractivity contribution in [1.82, 2.24) is 15.3 Å². The Hall–Kier alpha value is -1.36. The summed E-state index contributed by atoms with van der Waals surface area (Å²) in [5.41, 5.74) is 5.98. The van der Waals surface area contributed by atoms with Crippen LogP contribution in [0.5, 0.6) is 0 Å². The molecule has 3 rings (SSSR count).